The Kier molecular flexibility index (Phi) is 7.16. The first-order chi connectivity index (χ1) is 17.5. The maximum absolute atomic E-state index is 11.4. The third-order valence-electron chi connectivity index (χ3n) is 6.29. The summed E-state index contributed by atoms with van der Waals surface area (Å²) in [6.45, 7) is 0. The molecule has 4 nitrogen and oxygen atoms in total. The van der Waals surface area contributed by atoms with Crippen molar-refractivity contribution in [2.24, 2.45) is 0 Å². The topological polar surface area (TPSA) is 74.6 Å². The van der Waals surface area contributed by atoms with Crippen molar-refractivity contribution in [3.63, 3.8) is 0 Å². The van der Waals surface area contributed by atoms with Crippen LogP contribution >= 0.6 is 23.5 Å². The molecule has 0 unspecified atom stereocenters. The van der Waals surface area contributed by atoms with E-state index in [0.29, 0.717) is 0 Å². The van der Waals surface area contributed by atoms with Crippen LogP contribution in [-0.2, 0) is 23.0 Å². The molecule has 4 aromatic rings. The average Bonchev–Trinajstić information content (AvgIpc) is 2.90. The Morgan fingerprint density at radius 3 is 1.22 bits per heavy atom. The molecular formula is C30H24O4S2. The van der Waals surface area contributed by atoms with E-state index in [2.05, 4.69) is 36.4 Å². The van der Waals surface area contributed by atoms with Crippen molar-refractivity contribution >= 4 is 35.5 Å². The van der Waals surface area contributed by atoms with Crippen molar-refractivity contribution in [1.82, 2.24) is 0 Å². The lowest BCUT2D eigenvalue weighted by atomic mass is 9.91. The number of carboxylic acids is 2. The van der Waals surface area contributed by atoms with Crippen molar-refractivity contribution in [3.05, 3.63) is 118 Å². The zero-order valence-corrected chi connectivity index (χ0v) is 21.1. The standard InChI is InChI=1S/C30H24O4S2/c31-29(32)23-9-5-21(6-10-23)27-14-26-18-36-16-20-2-1-19(3-4-20)15-35-17-25(27)13-28(26)22-7-11-24(12-8-22)30(33)34/h1-14H,15-18H2,(H,31,32)(H,33,34). The van der Waals surface area contributed by atoms with Gasteiger partial charge in [-0.1, -0.05) is 48.5 Å². The predicted octanol–water partition coefficient (Wildman–Crippen LogP) is 7.60. The molecule has 0 saturated carbocycles. The van der Waals surface area contributed by atoms with Gasteiger partial charge in [-0.2, -0.15) is 23.5 Å². The Labute approximate surface area is 218 Å². The molecule has 36 heavy (non-hydrogen) atoms. The van der Waals surface area contributed by atoms with Crippen LogP contribution in [-0.4, -0.2) is 22.2 Å². The number of carbonyl (C=O) groups is 2. The number of aromatic carboxylic acids is 2. The van der Waals surface area contributed by atoms with E-state index < -0.39 is 11.9 Å². The second kappa shape index (κ2) is 10.6. The molecule has 0 amide bonds. The predicted molar refractivity (Wildman–Crippen MR) is 148 cm³/mol. The molecule has 0 saturated heterocycles. The Morgan fingerprint density at radius 1 is 0.528 bits per heavy atom. The van der Waals surface area contributed by atoms with Crippen LogP contribution in [0.2, 0.25) is 0 Å². The first kappa shape index (κ1) is 24.2. The Hall–Kier alpha value is -3.48. The fraction of sp³-hybridized carbons (Fsp3) is 0.133. The van der Waals surface area contributed by atoms with E-state index in [0.717, 1.165) is 45.3 Å². The Morgan fingerprint density at radius 2 is 0.889 bits per heavy atom. The highest BCUT2D eigenvalue weighted by Crippen LogP contribution is 2.37. The minimum Gasteiger partial charge on any atom is -0.478 e. The van der Waals surface area contributed by atoms with E-state index in [1.165, 1.54) is 22.3 Å². The molecule has 6 heteroatoms. The van der Waals surface area contributed by atoms with Gasteiger partial charge >= 0.3 is 11.9 Å². The van der Waals surface area contributed by atoms with Crippen LogP contribution in [0.25, 0.3) is 22.3 Å². The first-order valence-corrected chi connectivity index (χ1v) is 13.9. The van der Waals surface area contributed by atoms with Crippen LogP contribution in [0.4, 0.5) is 0 Å². The molecule has 4 bridgehead atoms. The zero-order chi connectivity index (χ0) is 25.1. The molecule has 0 aliphatic carbocycles. The van der Waals surface area contributed by atoms with Crippen molar-refractivity contribution in [2.75, 3.05) is 0 Å². The Bertz CT molecular complexity index is 1300. The molecule has 0 aromatic heterocycles. The molecular weight excluding hydrogens is 488 g/mol. The van der Waals surface area contributed by atoms with Crippen LogP contribution in [0.15, 0.2) is 84.9 Å². The summed E-state index contributed by atoms with van der Waals surface area (Å²) in [5.41, 5.74) is 9.65. The average molecular weight is 513 g/mol. The van der Waals surface area contributed by atoms with Crippen molar-refractivity contribution in [1.29, 1.82) is 0 Å². The van der Waals surface area contributed by atoms with Gasteiger partial charge < -0.3 is 10.2 Å². The van der Waals surface area contributed by atoms with Gasteiger partial charge in [-0.05, 0) is 80.9 Å². The smallest absolute Gasteiger partial charge is 0.335 e. The van der Waals surface area contributed by atoms with Crippen LogP contribution < -0.4 is 0 Å². The van der Waals surface area contributed by atoms with Crippen LogP contribution in [0.1, 0.15) is 43.0 Å². The van der Waals surface area contributed by atoms with Gasteiger partial charge in [0, 0.05) is 23.0 Å². The second-order valence-electron chi connectivity index (χ2n) is 8.73. The summed E-state index contributed by atoms with van der Waals surface area (Å²) in [6.07, 6.45) is 0. The number of rotatable bonds is 4. The van der Waals surface area contributed by atoms with Gasteiger partial charge in [-0.3, -0.25) is 0 Å². The number of hydrogen-bond acceptors (Lipinski definition) is 4. The van der Waals surface area contributed by atoms with Crippen molar-refractivity contribution in [3.8, 4) is 22.3 Å². The number of hydrogen-bond donors (Lipinski definition) is 2. The lowest BCUT2D eigenvalue weighted by molar-refractivity contribution is 0.0686. The van der Waals surface area contributed by atoms with E-state index in [1.807, 2.05) is 47.8 Å². The monoisotopic (exact) mass is 512 g/mol. The number of carboxylic acid groups (broad SMARTS) is 2. The van der Waals surface area contributed by atoms with Crippen molar-refractivity contribution < 1.29 is 19.8 Å². The lowest BCUT2D eigenvalue weighted by Gasteiger charge is -2.18. The highest BCUT2D eigenvalue weighted by Gasteiger charge is 2.16. The van der Waals surface area contributed by atoms with Crippen molar-refractivity contribution in [2.45, 2.75) is 23.0 Å². The van der Waals surface area contributed by atoms with E-state index >= 15 is 0 Å². The maximum atomic E-state index is 11.4. The summed E-state index contributed by atoms with van der Waals surface area (Å²) in [6, 6.07) is 27.4. The number of thioether (sulfide) groups is 2. The molecule has 2 N–H and O–H groups in total. The third kappa shape index (κ3) is 5.35. The highest BCUT2D eigenvalue weighted by atomic mass is 32.2. The summed E-state index contributed by atoms with van der Waals surface area (Å²) in [7, 11) is 0. The molecule has 180 valence electrons. The van der Waals surface area contributed by atoms with E-state index in [9.17, 15) is 19.8 Å². The van der Waals surface area contributed by atoms with E-state index in [4.69, 9.17) is 0 Å². The van der Waals surface area contributed by atoms with Gasteiger partial charge in [-0.15, -0.1) is 0 Å². The number of benzene rings is 4. The van der Waals surface area contributed by atoms with Gasteiger partial charge in [0.25, 0.3) is 0 Å². The first-order valence-electron chi connectivity index (χ1n) is 11.5. The molecule has 4 aliphatic rings. The zero-order valence-electron chi connectivity index (χ0n) is 19.4. The van der Waals surface area contributed by atoms with Gasteiger partial charge in [0.2, 0.25) is 0 Å². The highest BCUT2D eigenvalue weighted by molar-refractivity contribution is 7.98. The van der Waals surface area contributed by atoms with Crippen LogP contribution in [0.5, 0.6) is 0 Å². The lowest BCUT2D eigenvalue weighted by Crippen LogP contribution is -1.99. The van der Waals surface area contributed by atoms with Gasteiger partial charge in [-0.25, -0.2) is 9.59 Å². The third-order valence-corrected chi connectivity index (χ3v) is 8.40. The fourth-order valence-corrected chi connectivity index (χ4v) is 6.32. The molecule has 4 aliphatic heterocycles. The van der Waals surface area contributed by atoms with Gasteiger partial charge in [0.1, 0.15) is 0 Å². The minimum absolute atomic E-state index is 0.269. The molecule has 4 heterocycles. The van der Waals surface area contributed by atoms with E-state index in [-0.39, 0.29) is 11.1 Å². The van der Waals surface area contributed by atoms with Gasteiger partial charge in [0.15, 0.2) is 0 Å². The largest absolute Gasteiger partial charge is 0.478 e. The summed E-state index contributed by atoms with van der Waals surface area (Å²) in [4.78, 5) is 22.7. The summed E-state index contributed by atoms with van der Waals surface area (Å²) in [5.74, 6) is 1.52. The molecule has 0 spiro atoms. The molecule has 0 radical (unpaired) electrons. The summed E-state index contributed by atoms with van der Waals surface area (Å²) in [5, 5.41) is 18.6. The summed E-state index contributed by atoms with van der Waals surface area (Å²) < 4.78 is 0. The molecule has 0 atom stereocenters. The summed E-state index contributed by atoms with van der Waals surface area (Å²) >= 11 is 3.69. The SMILES string of the molecule is O=C(O)c1ccc(-c2cc3c(-c4ccc(C(=O)O)cc4)cc2CSCc2ccc(cc2)CSC3)cc1. The van der Waals surface area contributed by atoms with Gasteiger partial charge in [0.05, 0.1) is 11.1 Å². The molecule has 8 rings (SSSR count). The molecule has 0 fully saturated rings. The minimum atomic E-state index is -0.935. The van der Waals surface area contributed by atoms with Crippen LogP contribution in [0.3, 0.4) is 0 Å². The maximum Gasteiger partial charge on any atom is 0.335 e. The fourth-order valence-electron chi connectivity index (χ4n) is 4.34. The van der Waals surface area contributed by atoms with Crippen LogP contribution in [0, 0.1) is 0 Å². The molecule has 4 aromatic carbocycles. The second-order valence-corrected chi connectivity index (χ2v) is 10.7. The van der Waals surface area contributed by atoms with E-state index in [1.54, 1.807) is 24.3 Å². The quantitative estimate of drug-likeness (QED) is 0.293. The Balaban J connectivity index is 1.62. The normalized spacial score (nSPS) is 13.3.